The zero-order valence-corrected chi connectivity index (χ0v) is 8.90. The molecule has 0 spiro atoms. The van der Waals surface area contributed by atoms with Crippen LogP contribution < -0.4 is 0 Å². The van der Waals surface area contributed by atoms with Crippen LogP contribution in [0, 0.1) is 5.82 Å². The first-order chi connectivity index (χ1) is 7.68. The summed E-state index contributed by atoms with van der Waals surface area (Å²) in [6, 6.07) is 6.10. The third-order valence-electron chi connectivity index (χ3n) is 2.83. The number of hydrogen-bond acceptors (Lipinski definition) is 2. The Labute approximate surface area is 93.5 Å². The van der Waals surface area contributed by atoms with E-state index in [-0.39, 0.29) is 18.0 Å². The second kappa shape index (κ2) is 4.61. The van der Waals surface area contributed by atoms with Gasteiger partial charge in [0.25, 0.3) is 0 Å². The highest BCUT2D eigenvalue weighted by atomic mass is 19.1. The maximum absolute atomic E-state index is 13.3. The van der Waals surface area contributed by atoms with Crippen LogP contribution in [0.3, 0.4) is 0 Å². The lowest BCUT2D eigenvalue weighted by Crippen LogP contribution is -2.29. The van der Waals surface area contributed by atoms with Gasteiger partial charge in [-0.25, -0.2) is 4.39 Å². The van der Waals surface area contributed by atoms with Crippen molar-refractivity contribution in [2.75, 3.05) is 13.1 Å². The van der Waals surface area contributed by atoms with Gasteiger partial charge in [-0.05, 0) is 12.5 Å². The number of aliphatic hydroxyl groups excluding tert-OH is 1. The lowest BCUT2D eigenvalue weighted by atomic mass is 10.1. The smallest absolute Gasteiger partial charge is 0.222 e. The number of carbonyl (C=O) groups excluding carboxylic acids is 1. The summed E-state index contributed by atoms with van der Waals surface area (Å²) in [5.41, 5.74) is 0.252. The summed E-state index contributed by atoms with van der Waals surface area (Å²) < 4.78 is 13.3. The molecule has 1 saturated heterocycles. The van der Waals surface area contributed by atoms with E-state index >= 15 is 0 Å². The molecule has 1 aliphatic rings. The monoisotopic (exact) mass is 223 g/mol. The molecule has 16 heavy (non-hydrogen) atoms. The van der Waals surface area contributed by atoms with Gasteiger partial charge in [0.2, 0.25) is 5.91 Å². The van der Waals surface area contributed by atoms with Crippen LogP contribution in [0.1, 0.15) is 24.5 Å². The van der Waals surface area contributed by atoms with Crippen molar-refractivity contribution < 1.29 is 14.3 Å². The third kappa shape index (κ3) is 2.22. The van der Waals surface area contributed by atoms with E-state index in [1.165, 1.54) is 6.07 Å². The van der Waals surface area contributed by atoms with E-state index in [4.69, 9.17) is 0 Å². The molecular weight excluding hydrogens is 209 g/mol. The number of likely N-dealkylation sites (tertiary alicyclic amines) is 1. The van der Waals surface area contributed by atoms with Crippen molar-refractivity contribution in [2.45, 2.75) is 18.9 Å². The van der Waals surface area contributed by atoms with E-state index in [2.05, 4.69) is 0 Å². The summed E-state index contributed by atoms with van der Waals surface area (Å²) in [5, 5.41) is 9.85. The predicted molar refractivity (Wildman–Crippen MR) is 57.2 cm³/mol. The SMILES string of the molecule is O=C1CCCN1CC(O)c1ccccc1F. The number of carbonyl (C=O) groups is 1. The van der Waals surface area contributed by atoms with Crippen molar-refractivity contribution in [1.29, 1.82) is 0 Å². The van der Waals surface area contributed by atoms with E-state index in [0.717, 1.165) is 6.42 Å². The van der Waals surface area contributed by atoms with Gasteiger partial charge < -0.3 is 10.0 Å². The quantitative estimate of drug-likeness (QED) is 0.843. The van der Waals surface area contributed by atoms with Gasteiger partial charge in [-0.2, -0.15) is 0 Å². The Morgan fingerprint density at radius 3 is 2.81 bits per heavy atom. The molecule has 1 fully saturated rings. The maximum atomic E-state index is 13.3. The summed E-state index contributed by atoms with van der Waals surface area (Å²) in [7, 11) is 0. The standard InChI is InChI=1S/C12H14FNO2/c13-10-5-2-1-4-9(10)11(15)8-14-7-3-6-12(14)16/h1-2,4-5,11,15H,3,6-8H2. The summed E-state index contributed by atoms with van der Waals surface area (Å²) >= 11 is 0. The van der Waals surface area contributed by atoms with Gasteiger partial charge in [0.15, 0.2) is 0 Å². The van der Waals surface area contributed by atoms with Gasteiger partial charge in [-0.1, -0.05) is 18.2 Å². The topological polar surface area (TPSA) is 40.5 Å². The van der Waals surface area contributed by atoms with Crippen LogP contribution in [0.25, 0.3) is 0 Å². The minimum Gasteiger partial charge on any atom is -0.386 e. The molecule has 0 aromatic heterocycles. The van der Waals surface area contributed by atoms with Crippen LogP contribution in [0.2, 0.25) is 0 Å². The molecule has 1 unspecified atom stereocenters. The minimum atomic E-state index is -0.941. The van der Waals surface area contributed by atoms with Crippen molar-refractivity contribution in [3.63, 3.8) is 0 Å². The average molecular weight is 223 g/mol. The molecule has 1 heterocycles. The van der Waals surface area contributed by atoms with E-state index in [1.54, 1.807) is 23.1 Å². The van der Waals surface area contributed by atoms with Crippen LogP contribution >= 0.6 is 0 Å². The average Bonchev–Trinajstić information content (AvgIpc) is 2.65. The van der Waals surface area contributed by atoms with Crippen LogP contribution in [0.5, 0.6) is 0 Å². The number of benzene rings is 1. The van der Waals surface area contributed by atoms with Gasteiger partial charge >= 0.3 is 0 Å². The fraction of sp³-hybridized carbons (Fsp3) is 0.417. The fourth-order valence-corrected chi connectivity index (χ4v) is 1.95. The Hall–Kier alpha value is -1.42. The van der Waals surface area contributed by atoms with Crippen molar-refractivity contribution in [2.24, 2.45) is 0 Å². The predicted octanol–water partition coefficient (Wildman–Crippen LogP) is 1.48. The number of nitrogens with zero attached hydrogens (tertiary/aromatic N) is 1. The molecule has 2 rings (SSSR count). The fourth-order valence-electron chi connectivity index (χ4n) is 1.95. The van der Waals surface area contributed by atoms with E-state index in [1.807, 2.05) is 0 Å². The van der Waals surface area contributed by atoms with Gasteiger partial charge in [0.1, 0.15) is 5.82 Å². The van der Waals surface area contributed by atoms with Gasteiger partial charge in [0.05, 0.1) is 12.6 Å². The lowest BCUT2D eigenvalue weighted by Gasteiger charge is -2.20. The largest absolute Gasteiger partial charge is 0.386 e. The van der Waals surface area contributed by atoms with Crippen molar-refractivity contribution in [3.05, 3.63) is 35.6 Å². The van der Waals surface area contributed by atoms with Gasteiger partial charge in [-0.15, -0.1) is 0 Å². The third-order valence-corrected chi connectivity index (χ3v) is 2.83. The summed E-state index contributed by atoms with van der Waals surface area (Å²) in [6.07, 6.45) is 0.413. The van der Waals surface area contributed by atoms with Crippen LogP contribution in [-0.2, 0) is 4.79 Å². The van der Waals surface area contributed by atoms with Crippen molar-refractivity contribution in [3.8, 4) is 0 Å². The lowest BCUT2D eigenvalue weighted by molar-refractivity contribution is -0.128. The van der Waals surface area contributed by atoms with E-state index < -0.39 is 11.9 Å². The van der Waals surface area contributed by atoms with E-state index in [9.17, 15) is 14.3 Å². The second-order valence-electron chi connectivity index (χ2n) is 3.98. The van der Waals surface area contributed by atoms with Crippen LogP contribution in [0.15, 0.2) is 24.3 Å². The Morgan fingerprint density at radius 2 is 2.19 bits per heavy atom. The zero-order chi connectivity index (χ0) is 11.5. The van der Waals surface area contributed by atoms with E-state index in [0.29, 0.717) is 13.0 Å². The molecule has 0 aliphatic carbocycles. The molecule has 1 aromatic rings. The van der Waals surface area contributed by atoms with Gasteiger partial charge in [0, 0.05) is 18.5 Å². The molecule has 1 N–H and O–H groups in total. The number of rotatable bonds is 3. The first kappa shape index (κ1) is 11.1. The summed E-state index contributed by atoms with van der Waals surface area (Å²) in [6.45, 7) is 0.837. The molecule has 1 aromatic carbocycles. The minimum absolute atomic E-state index is 0.0374. The highest BCUT2D eigenvalue weighted by molar-refractivity contribution is 5.78. The molecule has 4 heteroatoms. The summed E-state index contributed by atoms with van der Waals surface area (Å²) in [5.74, 6) is -0.392. The van der Waals surface area contributed by atoms with Gasteiger partial charge in [-0.3, -0.25) is 4.79 Å². The first-order valence-electron chi connectivity index (χ1n) is 5.39. The Balaban J connectivity index is 2.05. The highest BCUT2D eigenvalue weighted by Gasteiger charge is 2.24. The number of amides is 1. The number of hydrogen-bond donors (Lipinski definition) is 1. The van der Waals surface area contributed by atoms with Crippen molar-refractivity contribution in [1.82, 2.24) is 4.90 Å². The second-order valence-corrected chi connectivity index (χ2v) is 3.98. The Morgan fingerprint density at radius 1 is 1.44 bits per heavy atom. The van der Waals surface area contributed by atoms with Crippen LogP contribution in [0.4, 0.5) is 4.39 Å². The zero-order valence-electron chi connectivity index (χ0n) is 8.90. The Bertz CT molecular complexity index is 394. The number of halogens is 1. The van der Waals surface area contributed by atoms with Crippen LogP contribution in [-0.4, -0.2) is 29.0 Å². The number of β-amino-alcohol motifs (C(OH)–C–C–N with tert-alkyl or cyclic N) is 1. The normalized spacial score (nSPS) is 17.9. The molecule has 1 aliphatic heterocycles. The molecule has 0 bridgehead atoms. The first-order valence-corrected chi connectivity index (χ1v) is 5.39. The molecular formula is C12H14FNO2. The molecule has 86 valence electrons. The molecule has 1 atom stereocenters. The highest BCUT2D eigenvalue weighted by Crippen LogP contribution is 2.20. The molecule has 1 amide bonds. The Kier molecular flexibility index (Phi) is 3.19. The molecule has 3 nitrogen and oxygen atoms in total. The summed E-state index contributed by atoms with van der Waals surface area (Å²) in [4.78, 5) is 12.9. The number of aliphatic hydroxyl groups is 1. The maximum Gasteiger partial charge on any atom is 0.222 e. The molecule has 0 saturated carbocycles. The molecule has 0 radical (unpaired) electrons. The van der Waals surface area contributed by atoms with Crippen molar-refractivity contribution >= 4 is 5.91 Å².